The Kier molecular flexibility index (Phi) is 3.71. The van der Waals surface area contributed by atoms with Crippen LogP contribution in [0.3, 0.4) is 0 Å². The highest BCUT2D eigenvalue weighted by Crippen LogP contribution is 2.67. The van der Waals surface area contributed by atoms with E-state index in [2.05, 4.69) is 38.0 Å². The molecule has 0 atom stereocenters. The Morgan fingerprint density at radius 2 is 2.05 bits per heavy atom. The van der Waals surface area contributed by atoms with E-state index in [9.17, 15) is 4.79 Å². The van der Waals surface area contributed by atoms with Crippen molar-refractivity contribution in [2.75, 3.05) is 13.1 Å². The van der Waals surface area contributed by atoms with Gasteiger partial charge in [0.2, 0.25) is 0 Å². The minimum atomic E-state index is -0.0713. The minimum absolute atomic E-state index is 0.0713. The lowest BCUT2D eigenvalue weighted by Crippen LogP contribution is -2.27. The molecule has 1 aromatic rings. The van der Waals surface area contributed by atoms with E-state index in [0.717, 1.165) is 18.0 Å². The number of aromatic nitrogens is 1. The van der Waals surface area contributed by atoms with Crippen LogP contribution in [-0.2, 0) is 6.42 Å². The second kappa shape index (κ2) is 4.87. The lowest BCUT2D eigenvalue weighted by atomic mass is 10.0. The summed E-state index contributed by atoms with van der Waals surface area (Å²) in [6.45, 7) is 10.3. The minimum Gasteiger partial charge on any atom is -0.350 e. The monoisotopic (exact) mass is 281 g/mol. The molecule has 1 aliphatic carbocycles. The van der Waals surface area contributed by atoms with Gasteiger partial charge in [0.15, 0.2) is 0 Å². The van der Waals surface area contributed by atoms with Crippen molar-refractivity contribution in [1.82, 2.24) is 10.3 Å². The molecule has 1 saturated carbocycles. The molecule has 0 aromatic carbocycles. The number of nitrogens with two attached hydrogens (primary N) is 1. The number of thiazole rings is 1. The summed E-state index contributed by atoms with van der Waals surface area (Å²) in [4.78, 5) is 16.3. The first-order valence-corrected chi connectivity index (χ1v) is 7.61. The van der Waals surface area contributed by atoms with Gasteiger partial charge in [0.25, 0.3) is 5.91 Å². The molecule has 3 N–H and O–H groups in total. The van der Waals surface area contributed by atoms with Crippen LogP contribution in [0.5, 0.6) is 0 Å². The van der Waals surface area contributed by atoms with Crippen molar-refractivity contribution >= 4 is 17.2 Å². The Morgan fingerprint density at radius 1 is 1.42 bits per heavy atom. The SMILES string of the molecule is CC1(C)C(CNC(=O)c2csc(CCN)n2)C1(C)C. The molecular weight excluding hydrogens is 258 g/mol. The highest BCUT2D eigenvalue weighted by atomic mass is 32.1. The third kappa shape index (κ3) is 2.54. The van der Waals surface area contributed by atoms with Gasteiger partial charge < -0.3 is 11.1 Å². The molecule has 5 heteroatoms. The highest BCUT2D eigenvalue weighted by Gasteiger charge is 2.64. The molecule has 1 aliphatic rings. The number of carbonyl (C=O) groups is 1. The molecule has 0 saturated heterocycles. The predicted octanol–water partition coefficient (Wildman–Crippen LogP) is 2.06. The summed E-state index contributed by atoms with van der Waals surface area (Å²) < 4.78 is 0. The predicted molar refractivity (Wildman–Crippen MR) is 78.3 cm³/mol. The summed E-state index contributed by atoms with van der Waals surface area (Å²) in [5.74, 6) is 0.462. The van der Waals surface area contributed by atoms with E-state index < -0.39 is 0 Å². The average molecular weight is 281 g/mol. The van der Waals surface area contributed by atoms with Gasteiger partial charge in [-0.25, -0.2) is 4.98 Å². The van der Waals surface area contributed by atoms with E-state index in [1.165, 1.54) is 11.3 Å². The Labute approximate surface area is 118 Å². The number of amides is 1. The topological polar surface area (TPSA) is 68.0 Å². The van der Waals surface area contributed by atoms with Crippen LogP contribution in [-0.4, -0.2) is 24.0 Å². The van der Waals surface area contributed by atoms with Crippen LogP contribution in [0.4, 0.5) is 0 Å². The molecule has 0 unspecified atom stereocenters. The van der Waals surface area contributed by atoms with Crippen LogP contribution in [0.2, 0.25) is 0 Å². The van der Waals surface area contributed by atoms with Gasteiger partial charge in [0.05, 0.1) is 5.01 Å². The van der Waals surface area contributed by atoms with Gasteiger partial charge in [0.1, 0.15) is 5.69 Å². The second-order valence-corrected chi connectivity index (χ2v) is 7.31. The summed E-state index contributed by atoms with van der Waals surface area (Å²) in [6.07, 6.45) is 0.737. The molecule has 1 aromatic heterocycles. The van der Waals surface area contributed by atoms with E-state index in [1.54, 1.807) is 0 Å². The van der Waals surface area contributed by atoms with Crippen molar-refractivity contribution in [3.63, 3.8) is 0 Å². The Balaban J connectivity index is 1.88. The van der Waals surface area contributed by atoms with Crippen molar-refractivity contribution in [1.29, 1.82) is 0 Å². The van der Waals surface area contributed by atoms with Gasteiger partial charge in [-0.15, -0.1) is 11.3 Å². The van der Waals surface area contributed by atoms with Crippen LogP contribution < -0.4 is 11.1 Å². The standard InChI is InChI=1S/C14H23N3OS/c1-13(2)10(14(13,3)4)7-16-12(18)9-8-19-11(17-9)5-6-15/h8,10H,5-7,15H2,1-4H3,(H,16,18). The van der Waals surface area contributed by atoms with Crippen LogP contribution in [0, 0.1) is 16.7 Å². The maximum Gasteiger partial charge on any atom is 0.270 e. The number of nitrogens with one attached hydrogen (secondary N) is 1. The molecule has 0 bridgehead atoms. The lowest BCUT2D eigenvalue weighted by molar-refractivity contribution is 0.0945. The molecule has 4 nitrogen and oxygen atoms in total. The van der Waals surface area contributed by atoms with Crippen molar-refractivity contribution in [2.45, 2.75) is 34.1 Å². The molecule has 0 radical (unpaired) electrons. The largest absolute Gasteiger partial charge is 0.350 e. The molecule has 1 heterocycles. The Bertz CT molecular complexity index is 465. The van der Waals surface area contributed by atoms with Crippen LogP contribution in [0.1, 0.15) is 43.2 Å². The first kappa shape index (κ1) is 14.5. The van der Waals surface area contributed by atoms with Gasteiger partial charge in [0, 0.05) is 18.3 Å². The zero-order valence-corrected chi connectivity index (χ0v) is 12.9. The first-order valence-electron chi connectivity index (χ1n) is 6.73. The molecule has 19 heavy (non-hydrogen) atoms. The summed E-state index contributed by atoms with van der Waals surface area (Å²) in [6, 6.07) is 0. The first-order chi connectivity index (χ1) is 8.80. The maximum absolute atomic E-state index is 12.0. The van der Waals surface area contributed by atoms with E-state index in [-0.39, 0.29) is 5.91 Å². The molecule has 106 valence electrons. The molecule has 2 rings (SSSR count). The number of nitrogens with zero attached hydrogens (tertiary/aromatic N) is 1. The second-order valence-electron chi connectivity index (χ2n) is 6.37. The Morgan fingerprint density at radius 3 is 2.58 bits per heavy atom. The summed E-state index contributed by atoms with van der Waals surface area (Å²) in [5.41, 5.74) is 6.59. The lowest BCUT2D eigenvalue weighted by Gasteiger charge is -2.04. The summed E-state index contributed by atoms with van der Waals surface area (Å²) in [5, 5.41) is 5.74. The quantitative estimate of drug-likeness (QED) is 0.868. The maximum atomic E-state index is 12.0. The van der Waals surface area contributed by atoms with Crippen molar-refractivity contribution in [2.24, 2.45) is 22.5 Å². The van der Waals surface area contributed by atoms with E-state index in [4.69, 9.17) is 5.73 Å². The zero-order valence-electron chi connectivity index (χ0n) is 12.1. The molecular formula is C14H23N3OS. The molecule has 1 amide bonds. The van der Waals surface area contributed by atoms with Crippen LogP contribution in [0.15, 0.2) is 5.38 Å². The van der Waals surface area contributed by atoms with Crippen molar-refractivity contribution in [3.05, 3.63) is 16.1 Å². The normalized spacial score (nSPS) is 20.3. The summed E-state index contributed by atoms with van der Waals surface area (Å²) in [7, 11) is 0. The van der Waals surface area contributed by atoms with Crippen LogP contribution in [0.25, 0.3) is 0 Å². The smallest absolute Gasteiger partial charge is 0.270 e. The number of hydrogen-bond acceptors (Lipinski definition) is 4. The van der Waals surface area contributed by atoms with E-state index >= 15 is 0 Å². The van der Waals surface area contributed by atoms with E-state index in [1.807, 2.05) is 5.38 Å². The molecule has 1 fully saturated rings. The zero-order chi connectivity index (χ0) is 14.3. The van der Waals surface area contributed by atoms with Gasteiger partial charge in [-0.2, -0.15) is 0 Å². The third-order valence-corrected chi connectivity index (χ3v) is 5.84. The van der Waals surface area contributed by atoms with Gasteiger partial charge in [-0.3, -0.25) is 4.79 Å². The van der Waals surface area contributed by atoms with Crippen molar-refractivity contribution in [3.8, 4) is 0 Å². The fourth-order valence-corrected chi connectivity index (χ4v) is 3.58. The average Bonchev–Trinajstić information content (AvgIpc) is 2.71. The number of hydrogen-bond donors (Lipinski definition) is 2. The third-order valence-electron chi connectivity index (χ3n) is 4.93. The van der Waals surface area contributed by atoms with Crippen LogP contribution >= 0.6 is 11.3 Å². The van der Waals surface area contributed by atoms with Gasteiger partial charge in [-0.05, 0) is 23.3 Å². The fraction of sp³-hybridized carbons (Fsp3) is 0.714. The molecule has 0 aliphatic heterocycles. The number of rotatable bonds is 5. The molecule has 0 spiro atoms. The summed E-state index contributed by atoms with van der Waals surface area (Å²) >= 11 is 1.50. The number of carbonyl (C=O) groups excluding carboxylic acids is 1. The van der Waals surface area contributed by atoms with Gasteiger partial charge in [-0.1, -0.05) is 27.7 Å². The van der Waals surface area contributed by atoms with E-state index in [0.29, 0.717) is 29.0 Å². The fourth-order valence-electron chi connectivity index (χ4n) is 2.78. The van der Waals surface area contributed by atoms with Gasteiger partial charge >= 0.3 is 0 Å². The highest BCUT2D eigenvalue weighted by molar-refractivity contribution is 7.09. The van der Waals surface area contributed by atoms with Crippen molar-refractivity contribution < 1.29 is 4.79 Å². The Hall–Kier alpha value is -0.940.